The first-order valence-corrected chi connectivity index (χ1v) is 9.00. The van der Waals surface area contributed by atoms with E-state index in [9.17, 15) is 5.11 Å². The van der Waals surface area contributed by atoms with E-state index in [0.29, 0.717) is 0 Å². The Bertz CT molecular complexity index is 696. The first-order valence-electron chi connectivity index (χ1n) is 9.00. The Labute approximate surface area is 148 Å². The van der Waals surface area contributed by atoms with Crippen LogP contribution in [-0.4, -0.2) is 0 Å². The highest BCUT2D eigenvalue weighted by Crippen LogP contribution is 2.48. The third-order valence-corrected chi connectivity index (χ3v) is 4.74. The average molecular weight is 326 g/mol. The zero-order valence-electron chi connectivity index (χ0n) is 16.9. The number of hydrogen-bond donors (Lipinski definition) is 0. The highest BCUT2D eigenvalue weighted by molar-refractivity contribution is 5.79. The maximum absolute atomic E-state index is 13.5. The minimum absolute atomic E-state index is 0.00748. The first-order chi connectivity index (χ1) is 10.7. The van der Waals surface area contributed by atoms with Gasteiger partial charge < -0.3 is 0 Å². The maximum atomic E-state index is 13.5. The summed E-state index contributed by atoms with van der Waals surface area (Å²) in [7, 11) is 0. The van der Waals surface area contributed by atoms with Crippen molar-refractivity contribution in [2.75, 3.05) is 0 Å². The van der Waals surface area contributed by atoms with Crippen LogP contribution in [0.3, 0.4) is 0 Å². The SMILES string of the molecule is CC(C)(C)c1cc(C(C)(C)C)c(C2=CC=CC2)c(C(C)(C)C)c1[O]. The van der Waals surface area contributed by atoms with Gasteiger partial charge in [0.1, 0.15) is 0 Å². The molecule has 0 aromatic heterocycles. The maximum Gasteiger partial charge on any atom is 0.186 e. The summed E-state index contributed by atoms with van der Waals surface area (Å²) in [5.74, 6) is 0.228. The lowest BCUT2D eigenvalue weighted by atomic mass is 9.70. The molecule has 1 radical (unpaired) electrons. The van der Waals surface area contributed by atoms with Crippen molar-refractivity contribution in [3.05, 3.63) is 46.5 Å². The summed E-state index contributed by atoms with van der Waals surface area (Å²) in [5.41, 5.74) is 5.34. The van der Waals surface area contributed by atoms with Crippen LogP contribution in [0.25, 0.3) is 5.57 Å². The van der Waals surface area contributed by atoms with Crippen LogP contribution >= 0.6 is 0 Å². The zero-order valence-corrected chi connectivity index (χ0v) is 16.9. The van der Waals surface area contributed by atoms with Gasteiger partial charge in [-0.3, -0.25) is 5.11 Å². The van der Waals surface area contributed by atoms with Crippen molar-refractivity contribution in [3.8, 4) is 5.75 Å². The molecule has 1 aliphatic carbocycles. The van der Waals surface area contributed by atoms with Crippen molar-refractivity contribution >= 4 is 5.57 Å². The summed E-state index contributed by atoms with van der Waals surface area (Å²) >= 11 is 0. The van der Waals surface area contributed by atoms with Crippen molar-refractivity contribution in [1.29, 1.82) is 0 Å². The molecular weight excluding hydrogens is 292 g/mol. The molecule has 0 spiro atoms. The van der Waals surface area contributed by atoms with Crippen LogP contribution in [0.5, 0.6) is 5.75 Å². The first kappa shape index (κ1) is 18.8. The highest BCUT2D eigenvalue weighted by atomic mass is 16.3. The molecule has 0 aliphatic heterocycles. The van der Waals surface area contributed by atoms with E-state index in [2.05, 4.69) is 86.6 Å². The Morgan fingerprint density at radius 1 is 0.792 bits per heavy atom. The van der Waals surface area contributed by atoms with Gasteiger partial charge in [0.25, 0.3) is 0 Å². The van der Waals surface area contributed by atoms with Gasteiger partial charge in [-0.2, -0.15) is 0 Å². The molecule has 24 heavy (non-hydrogen) atoms. The number of allylic oxidation sites excluding steroid dienone is 4. The van der Waals surface area contributed by atoms with E-state index in [0.717, 1.165) is 17.5 Å². The number of rotatable bonds is 1. The lowest BCUT2D eigenvalue weighted by Gasteiger charge is -2.34. The Balaban J connectivity index is 2.97. The van der Waals surface area contributed by atoms with Crippen LogP contribution < -0.4 is 0 Å². The van der Waals surface area contributed by atoms with Crippen molar-refractivity contribution in [2.45, 2.75) is 85.0 Å². The smallest absolute Gasteiger partial charge is 0.186 e. The monoisotopic (exact) mass is 325 g/mol. The fourth-order valence-corrected chi connectivity index (χ4v) is 3.50. The Morgan fingerprint density at radius 2 is 1.33 bits per heavy atom. The van der Waals surface area contributed by atoms with Crippen LogP contribution in [0, 0.1) is 0 Å². The zero-order chi connectivity index (χ0) is 18.5. The Hall–Kier alpha value is -1.50. The number of benzene rings is 1. The predicted molar refractivity (Wildman–Crippen MR) is 104 cm³/mol. The van der Waals surface area contributed by atoms with Crippen LogP contribution in [0.1, 0.15) is 91.0 Å². The molecule has 0 N–H and O–H groups in total. The van der Waals surface area contributed by atoms with Crippen LogP contribution in [-0.2, 0) is 21.4 Å². The predicted octanol–water partition coefficient (Wildman–Crippen LogP) is 7.07. The minimum atomic E-state index is -0.183. The molecule has 0 atom stereocenters. The summed E-state index contributed by atoms with van der Waals surface area (Å²) in [6.45, 7) is 19.6. The molecular formula is C23H33O. The molecule has 1 heteroatoms. The molecule has 1 nitrogen and oxygen atoms in total. The standard InChI is InChI=1S/C23H33O/c1-21(2,3)16-14-17(22(4,5)6)20(24)19(23(7,8)9)18(16)15-12-10-11-13-15/h10-12,14H,13H2,1-9H3. The third-order valence-electron chi connectivity index (χ3n) is 4.74. The van der Waals surface area contributed by atoms with E-state index in [1.165, 1.54) is 16.7 Å². The quantitative estimate of drug-likeness (QED) is 0.526. The number of hydrogen-bond acceptors (Lipinski definition) is 0. The molecule has 1 aliphatic rings. The second kappa shape index (κ2) is 5.79. The summed E-state index contributed by atoms with van der Waals surface area (Å²) in [5, 5.41) is 13.5. The Kier molecular flexibility index (Phi) is 4.54. The van der Waals surface area contributed by atoms with Crippen molar-refractivity contribution in [3.63, 3.8) is 0 Å². The third kappa shape index (κ3) is 3.45. The van der Waals surface area contributed by atoms with Crippen LogP contribution in [0.2, 0.25) is 0 Å². The van der Waals surface area contributed by atoms with Crippen LogP contribution in [0.15, 0.2) is 24.3 Å². The van der Waals surface area contributed by atoms with Gasteiger partial charge in [-0.05, 0) is 39.4 Å². The van der Waals surface area contributed by atoms with E-state index in [1.54, 1.807) is 0 Å². The summed E-state index contributed by atoms with van der Waals surface area (Å²) < 4.78 is 0. The minimum Gasteiger partial charge on any atom is -0.289 e. The second-order valence-electron chi connectivity index (χ2n) is 10.1. The lowest BCUT2D eigenvalue weighted by Crippen LogP contribution is -2.24. The molecule has 131 valence electrons. The van der Waals surface area contributed by atoms with Gasteiger partial charge in [0.15, 0.2) is 5.75 Å². The summed E-state index contributed by atoms with van der Waals surface area (Å²) in [4.78, 5) is 0. The van der Waals surface area contributed by atoms with Gasteiger partial charge >= 0.3 is 0 Å². The highest BCUT2D eigenvalue weighted by Gasteiger charge is 2.35. The van der Waals surface area contributed by atoms with Gasteiger partial charge in [-0.15, -0.1) is 0 Å². The second-order valence-corrected chi connectivity index (χ2v) is 10.1. The molecule has 1 aromatic rings. The molecule has 0 fully saturated rings. The van der Waals surface area contributed by atoms with Gasteiger partial charge in [0.2, 0.25) is 0 Å². The fourth-order valence-electron chi connectivity index (χ4n) is 3.50. The van der Waals surface area contributed by atoms with Crippen molar-refractivity contribution < 1.29 is 5.11 Å². The van der Waals surface area contributed by atoms with Gasteiger partial charge in [-0.25, -0.2) is 0 Å². The molecule has 0 saturated heterocycles. The van der Waals surface area contributed by atoms with E-state index >= 15 is 0 Å². The largest absolute Gasteiger partial charge is 0.289 e. The van der Waals surface area contributed by atoms with E-state index in [1.807, 2.05) is 0 Å². The lowest BCUT2D eigenvalue weighted by molar-refractivity contribution is 0.326. The molecule has 0 bridgehead atoms. The van der Waals surface area contributed by atoms with Gasteiger partial charge in [-0.1, -0.05) is 86.6 Å². The molecule has 2 rings (SSSR count). The normalized spacial score (nSPS) is 15.8. The van der Waals surface area contributed by atoms with E-state index < -0.39 is 0 Å². The Morgan fingerprint density at radius 3 is 1.71 bits per heavy atom. The van der Waals surface area contributed by atoms with Gasteiger partial charge in [0, 0.05) is 11.1 Å². The summed E-state index contributed by atoms with van der Waals surface area (Å²) in [6.07, 6.45) is 7.38. The van der Waals surface area contributed by atoms with Crippen LogP contribution in [0.4, 0.5) is 0 Å². The van der Waals surface area contributed by atoms with Gasteiger partial charge in [0.05, 0.1) is 0 Å². The molecule has 0 saturated carbocycles. The van der Waals surface area contributed by atoms with E-state index in [-0.39, 0.29) is 22.0 Å². The average Bonchev–Trinajstić information content (AvgIpc) is 2.86. The van der Waals surface area contributed by atoms with Crippen molar-refractivity contribution in [2.24, 2.45) is 0 Å². The molecule has 0 unspecified atom stereocenters. The fraction of sp³-hybridized carbons (Fsp3) is 0.565. The molecule has 0 heterocycles. The van der Waals surface area contributed by atoms with Crippen molar-refractivity contribution in [1.82, 2.24) is 0 Å². The topological polar surface area (TPSA) is 19.9 Å². The molecule has 0 amide bonds. The van der Waals surface area contributed by atoms with E-state index in [4.69, 9.17) is 0 Å². The summed E-state index contributed by atoms with van der Waals surface area (Å²) in [6, 6.07) is 2.19. The molecule has 1 aromatic carbocycles.